The third kappa shape index (κ3) is 4.37. The number of halogens is 1. The first kappa shape index (κ1) is 15.7. The van der Waals surface area contributed by atoms with E-state index in [1.54, 1.807) is 0 Å². The van der Waals surface area contributed by atoms with Crippen molar-refractivity contribution in [3.63, 3.8) is 0 Å². The zero-order valence-corrected chi connectivity index (χ0v) is 11.6. The van der Waals surface area contributed by atoms with E-state index in [1.807, 2.05) is 0 Å². The molecule has 19 heavy (non-hydrogen) atoms. The molecule has 0 spiro atoms. The quantitative estimate of drug-likeness (QED) is 0.781. The number of carboxylic acid groups (broad SMARTS) is 1. The fourth-order valence-electron chi connectivity index (χ4n) is 1.25. The first-order valence-electron chi connectivity index (χ1n) is 5.06. The predicted molar refractivity (Wildman–Crippen MR) is 67.5 cm³/mol. The Morgan fingerprint density at radius 3 is 2.58 bits per heavy atom. The number of rotatable bonds is 6. The molecule has 1 aromatic rings. The molecule has 0 aliphatic heterocycles. The van der Waals surface area contributed by atoms with E-state index >= 15 is 0 Å². The van der Waals surface area contributed by atoms with Gasteiger partial charge in [-0.2, -0.15) is 0 Å². The van der Waals surface area contributed by atoms with Gasteiger partial charge in [-0.3, -0.25) is 4.21 Å². The third-order valence-electron chi connectivity index (χ3n) is 2.15. The van der Waals surface area contributed by atoms with E-state index in [0.29, 0.717) is 6.07 Å². The van der Waals surface area contributed by atoms with E-state index in [0.717, 1.165) is 12.1 Å². The number of sulfonamides is 1. The van der Waals surface area contributed by atoms with Crippen LogP contribution in [0.1, 0.15) is 10.4 Å². The highest BCUT2D eigenvalue weighted by Crippen LogP contribution is 2.15. The lowest BCUT2D eigenvalue weighted by molar-refractivity contribution is 0.0696. The molecule has 1 unspecified atom stereocenters. The Morgan fingerprint density at radius 1 is 1.47 bits per heavy atom. The Labute approximate surface area is 112 Å². The minimum atomic E-state index is -4.08. The summed E-state index contributed by atoms with van der Waals surface area (Å²) in [5.74, 6) is -2.39. The lowest BCUT2D eigenvalue weighted by Crippen LogP contribution is -2.28. The van der Waals surface area contributed by atoms with E-state index < -0.39 is 37.5 Å². The summed E-state index contributed by atoms with van der Waals surface area (Å²) in [7, 11) is -5.25. The van der Waals surface area contributed by atoms with Gasteiger partial charge >= 0.3 is 5.97 Å². The Balaban J connectivity index is 2.96. The van der Waals surface area contributed by atoms with Crippen LogP contribution in [0.2, 0.25) is 0 Å². The highest BCUT2D eigenvalue weighted by molar-refractivity contribution is 7.89. The Bertz CT molecular complexity index is 614. The van der Waals surface area contributed by atoms with E-state index in [9.17, 15) is 21.8 Å². The Morgan fingerprint density at radius 2 is 2.11 bits per heavy atom. The van der Waals surface area contributed by atoms with Crippen molar-refractivity contribution in [1.29, 1.82) is 0 Å². The van der Waals surface area contributed by atoms with Crippen LogP contribution in [0.25, 0.3) is 0 Å². The van der Waals surface area contributed by atoms with Gasteiger partial charge in [-0.15, -0.1) is 0 Å². The summed E-state index contributed by atoms with van der Waals surface area (Å²) < 4.78 is 49.9. The van der Waals surface area contributed by atoms with Crippen molar-refractivity contribution in [1.82, 2.24) is 4.72 Å². The standard InChI is InChI=1S/C10H12FNO5S2/c1-18(15)5-4-12-19(16,17)9-3-2-7(10(13)14)6-8(9)11/h2-3,6,12H,4-5H2,1H3,(H,13,14). The molecule has 0 aliphatic rings. The molecule has 0 heterocycles. The summed E-state index contributed by atoms with van der Waals surface area (Å²) in [6.07, 6.45) is 1.41. The molecule has 0 amide bonds. The molecule has 0 aliphatic carbocycles. The molecule has 1 atom stereocenters. The molecule has 106 valence electrons. The van der Waals surface area contributed by atoms with Crippen LogP contribution in [0.3, 0.4) is 0 Å². The second-order valence-corrected chi connectivity index (χ2v) is 6.92. The van der Waals surface area contributed by atoms with Gasteiger partial charge < -0.3 is 5.11 Å². The smallest absolute Gasteiger partial charge is 0.335 e. The lowest BCUT2D eigenvalue weighted by Gasteiger charge is -2.07. The molecule has 0 saturated heterocycles. The van der Waals surface area contributed by atoms with Crippen LogP contribution in [0.4, 0.5) is 4.39 Å². The highest BCUT2D eigenvalue weighted by Gasteiger charge is 2.20. The van der Waals surface area contributed by atoms with Gasteiger partial charge in [0, 0.05) is 29.4 Å². The van der Waals surface area contributed by atoms with Gasteiger partial charge in [0.15, 0.2) is 0 Å². The number of hydrogen-bond acceptors (Lipinski definition) is 4. The van der Waals surface area contributed by atoms with Crippen molar-refractivity contribution in [3.8, 4) is 0 Å². The number of aromatic carboxylic acids is 1. The Kier molecular flexibility index (Phi) is 5.15. The van der Waals surface area contributed by atoms with Gasteiger partial charge in [0.2, 0.25) is 10.0 Å². The highest BCUT2D eigenvalue weighted by atomic mass is 32.2. The van der Waals surface area contributed by atoms with Gasteiger partial charge in [-0.1, -0.05) is 0 Å². The first-order chi connectivity index (χ1) is 8.74. The summed E-state index contributed by atoms with van der Waals surface area (Å²) >= 11 is 0. The summed E-state index contributed by atoms with van der Waals surface area (Å²) in [6, 6.07) is 2.51. The van der Waals surface area contributed by atoms with Crippen molar-refractivity contribution in [2.75, 3.05) is 18.6 Å². The number of carbonyl (C=O) groups is 1. The minimum Gasteiger partial charge on any atom is -0.478 e. The molecular formula is C10H12FNO5S2. The summed E-state index contributed by atoms with van der Waals surface area (Å²) in [5.41, 5.74) is -0.342. The molecular weight excluding hydrogens is 297 g/mol. The van der Waals surface area contributed by atoms with Crippen LogP contribution in [0.15, 0.2) is 23.1 Å². The molecule has 0 radical (unpaired) electrons. The second kappa shape index (κ2) is 6.22. The molecule has 1 rings (SSSR count). The monoisotopic (exact) mass is 309 g/mol. The summed E-state index contributed by atoms with van der Waals surface area (Å²) in [4.78, 5) is 9.96. The average molecular weight is 309 g/mol. The van der Waals surface area contributed by atoms with Crippen LogP contribution in [0.5, 0.6) is 0 Å². The van der Waals surface area contributed by atoms with Gasteiger partial charge in [0.25, 0.3) is 0 Å². The fourth-order valence-corrected chi connectivity index (χ4v) is 2.86. The van der Waals surface area contributed by atoms with Gasteiger partial charge in [-0.25, -0.2) is 22.3 Å². The van der Waals surface area contributed by atoms with Crippen molar-refractivity contribution in [3.05, 3.63) is 29.6 Å². The Hall–Kier alpha value is -1.32. The van der Waals surface area contributed by atoms with Gasteiger partial charge in [-0.05, 0) is 18.2 Å². The van der Waals surface area contributed by atoms with Crippen LogP contribution >= 0.6 is 0 Å². The second-order valence-electron chi connectivity index (χ2n) is 3.63. The zero-order chi connectivity index (χ0) is 14.6. The molecule has 0 aromatic heterocycles. The van der Waals surface area contributed by atoms with Crippen molar-refractivity contribution in [2.24, 2.45) is 0 Å². The lowest BCUT2D eigenvalue weighted by atomic mass is 10.2. The predicted octanol–water partition coefficient (Wildman–Crippen LogP) is 0.181. The van der Waals surface area contributed by atoms with E-state index in [2.05, 4.69) is 4.72 Å². The average Bonchev–Trinajstić information content (AvgIpc) is 2.27. The molecule has 6 nitrogen and oxygen atoms in total. The van der Waals surface area contributed by atoms with Crippen molar-refractivity contribution >= 4 is 26.8 Å². The molecule has 1 aromatic carbocycles. The largest absolute Gasteiger partial charge is 0.478 e. The van der Waals surface area contributed by atoms with Crippen LogP contribution in [-0.2, 0) is 20.8 Å². The third-order valence-corrected chi connectivity index (χ3v) is 4.42. The number of carboxylic acids is 1. The minimum absolute atomic E-state index is 0.0917. The van der Waals surface area contributed by atoms with Crippen molar-refractivity contribution in [2.45, 2.75) is 4.90 Å². The topological polar surface area (TPSA) is 101 Å². The number of nitrogens with one attached hydrogen (secondary N) is 1. The SMILES string of the molecule is CS(=O)CCNS(=O)(=O)c1ccc(C(=O)O)cc1F. The maximum Gasteiger partial charge on any atom is 0.335 e. The van der Waals surface area contributed by atoms with E-state index in [1.165, 1.54) is 6.26 Å². The molecule has 0 saturated carbocycles. The number of hydrogen-bond donors (Lipinski definition) is 2. The summed E-state index contributed by atoms with van der Waals surface area (Å²) in [6.45, 7) is -0.0917. The molecule has 2 N–H and O–H groups in total. The maximum absolute atomic E-state index is 13.5. The normalized spacial score (nSPS) is 13.2. The van der Waals surface area contributed by atoms with E-state index in [4.69, 9.17) is 5.11 Å². The van der Waals surface area contributed by atoms with Gasteiger partial charge in [0.05, 0.1) is 5.56 Å². The molecule has 0 fully saturated rings. The zero-order valence-electron chi connectivity index (χ0n) is 9.92. The van der Waals surface area contributed by atoms with Crippen LogP contribution in [-0.4, -0.2) is 42.3 Å². The van der Waals surface area contributed by atoms with E-state index in [-0.39, 0.29) is 17.9 Å². The molecule has 9 heteroatoms. The van der Waals surface area contributed by atoms with Gasteiger partial charge in [0.1, 0.15) is 10.7 Å². The maximum atomic E-state index is 13.5. The fraction of sp³-hybridized carbons (Fsp3) is 0.300. The summed E-state index contributed by atoms with van der Waals surface area (Å²) in [5, 5.41) is 8.64. The number of benzene rings is 1. The van der Waals surface area contributed by atoms with Crippen LogP contribution < -0.4 is 4.72 Å². The van der Waals surface area contributed by atoms with Crippen molar-refractivity contribution < 1.29 is 26.9 Å². The first-order valence-corrected chi connectivity index (χ1v) is 8.27. The van der Waals surface area contributed by atoms with Crippen LogP contribution in [0, 0.1) is 5.82 Å². The molecule has 0 bridgehead atoms.